The number of rotatable bonds is 4. The molecule has 2 heterocycles. The van der Waals surface area contributed by atoms with Crippen LogP contribution in [0.15, 0.2) is 0 Å². The summed E-state index contributed by atoms with van der Waals surface area (Å²) in [4.78, 5) is 0.655. The van der Waals surface area contributed by atoms with Gasteiger partial charge in [0.05, 0.1) is 17.3 Å². The van der Waals surface area contributed by atoms with E-state index in [-0.39, 0.29) is 0 Å². The number of anilines is 2. The van der Waals surface area contributed by atoms with Gasteiger partial charge in [0.25, 0.3) is 0 Å². The minimum atomic E-state index is 0.575. The van der Waals surface area contributed by atoms with Gasteiger partial charge in [0, 0.05) is 24.6 Å². The highest BCUT2D eigenvalue weighted by molar-refractivity contribution is 7.17. The predicted octanol–water partition coefficient (Wildman–Crippen LogP) is 2.53. The molecule has 1 aliphatic carbocycles. The van der Waals surface area contributed by atoms with Gasteiger partial charge in [-0.15, -0.1) is 11.3 Å². The zero-order chi connectivity index (χ0) is 12.5. The SMILES string of the molecule is N#Cc1sc(NCC2CCOC2)c(C2CC2)c1N. The molecule has 0 radical (unpaired) electrons. The van der Waals surface area contributed by atoms with Crippen LogP contribution in [0, 0.1) is 17.2 Å². The molecule has 2 fully saturated rings. The first-order chi connectivity index (χ1) is 8.79. The molecule has 1 atom stereocenters. The first-order valence-electron chi connectivity index (χ1n) is 6.43. The highest BCUT2D eigenvalue weighted by atomic mass is 32.1. The maximum atomic E-state index is 9.07. The third-order valence-corrected chi connectivity index (χ3v) is 4.73. The summed E-state index contributed by atoms with van der Waals surface area (Å²) < 4.78 is 5.37. The van der Waals surface area contributed by atoms with Gasteiger partial charge in [-0.05, 0) is 25.2 Å². The summed E-state index contributed by atoms with van der Waals surface area (Å²) in [5.41, 5.74) is 7.96. The van der Waals surface area contributed by atoms with E-state index < -0.39 is 0 Å². The van der Waals surface area contributed by atoms with E-state index in [1.807, 2.05) is 0 Å². The van der Waals surface area contributed by atoms with E-state index in [1.165, 1.54) is 29.7 Å². The number of nitrogens with one attached hydrogen (secondary N) is 1. The van der Waals surface area contributed by atoms with E-state index in [9.17, 15) is 0 Å². The van der Waals surface area contributed by atoms with Crippen LogP contribution in [-0.4, -0.2) is 19.8 Å². The summed E-state index contributed by atoms with van der Waals surface area (Å²) in [6.07, 6.45) is 3.53. The van der Waals surface area contributed by atoms with Crippen LogP contribution in [0.3, 0.4) is 0 Å². The Morgan fingerprint density at radius 2 is 2.28 bits per heavy atom. The number of nitriles is 1. The Morgan fingerprint density at radius 3 is 2.89 bits per heavy atom. The van der Waals surface area contributed by atoms with Crippen molar-refractivity contribution in [2.45, 2.75) is 25.2 Å². The number of hydrogen-bond acceptors (Lipinski definition) is 5. The lowest BCUT2D eigenvalue weighted by molar-refractivity contribution is 0.187. The Morgan fingerprint density at radius 1 is 1.44 bits per heavy atom. The molecule has 0 bridgehead atoms. The largest absolute Gasteiger partial charge is 0.397 e. The Labute approximate surface area is 111 Å². The average molecular weight is 263 g/mol. The van der Waals surface area contributed by atoms with Crippen molar-refractivity contribution in [3.8, 4) is 6.07 Å². The number of nitrogens with two attached hydrogens (primary N) is 1. The van der Waals surface area contributed by atoms with Crippen LogP contribution in [-0.2, 0) is 4.74 Å². The van der Waals surface area contributed by atoms with Crippen LogP contribution < -0.4 is 11.1 Å². The molecule has 3 rings (SSSR count). The zero-order valence-corrected chi connectivity index (χ0v) is 11.1. The molecule has 0 spiro atoms. The van der Waals surface area contributed by atoms with Gasteiger partial charge < -0.3 is 15.8 Å². The van der Waals surface area contributed by atoms with Gasteiger partial charge in [-0.25, -0.2) is 0 Å². The fourth-order valence-electron chi connectivity index (χ4n) is 2.43. The van der Waals surface area contributed by atoms with Crippen LogP contribution in [0.1, 0.15) is 35.6 Å². The Bertz CT molecular complexity index is 481. The summed E-state index contributed by atoms with van der Waals surface area (Å²) in [5, 5.41) is 13.7. The second-order valence-electron chi connectivity index (χ2n) is 5.08. The summed E-state index contributed by atoms with van der Waals surface area (Å²) in [6.45, 7) is 2.64. The summed E-state index contributed by atoms with van der Waals surface area (Å²) in [6, 6.07) is 2.20. The highest BCUT2D eigenvalue weighted by Crippen LogP contribution is 2.50. The maximum Gasteiger partial charge on any atom is 0.130 e. The van der Waals surface area contributed by atoms with Crippen LogP contribution in [0.25, 0.3) is 0 Å². The van der Waals surface area contributed by atoms with Crippen molar-refractivity contribution in [2.24, 2.45) is 5.92 Å². The van der Waals surface area contributed by atoms with E-state index in [1.54, 1.807) is 0 Å². The number of thiophene rings is 1. The van der Waals surface area contributed by atoms with Crippen molar-refractivity contribution in [1.29, 1.82) is 5.26 Å². The number of nitrogens with zero attached hydrogens (tertiary/aromatic N) is 1. The lowest BCUT2D eigenvalue weighted by Gasteiger charge is -2.11. The Balaban J connectivity index is 1.75. The van der Waals surface area contributed by atoms with Gasteiger partial charge in [0.15, 0.2) is 0 Å². The molecule has 5 heteroatoms. The van der Waals surface area contributed by atoms with Crippen LogP contribution in [0.4, 0.5) is 10.7 Å². The third-order valence-electron chi connectivity index (χ3n) is 3.65. The van der Waals surface area contributed by atoms with Crippen molar-refractivity contribution >= 4 is 22.0 Å². The van der Waals surface area contributed by atoms with Crippen molar-refractivity contribution < 1.29 is 4.74 Å². The first-order valence-corrected chi connectivity index (χ1v) is 7.25. The van der Waals surface area contributed by atoms with Crippen molar-refractivity contribution in [3.05, 3.63) is 10.4 Å². The van der Waals surface area contributed by atoms with Gasteiger partial charge in [0.2, 0.25) is 0 Å². The summed E-state index contributed by atoms with van der Waals surface area (Å²) in [7, 11) is 0. The molecule has 4 nitrogen and oxygen atoms in total. The number of nitrogen functional groups attached to an aromatic ring is 1. The Hall–Kier alpha value is -1.25. The molecule has 96 valence electrons. The molecule has 2 aliphatic rings. The van der Waals surface area contributed by atoms with E-state index in [4.69, 9.17) is 15.7 Å². The Kier molecular flexibility index (Phi) is 3.14. The molecular weight excluding hydrogens is 246 g/mol. The fourth-order valence-corrected chi connectivity index (χ4v) is 3.44. The van der Waals surface area contributed by atoms with E-state index >= 15 is 0 Å². The van der Waals surface area contributed by atoms with E-state index in [2.05, 4.69) is 11.4 Å². The van der Waals surface area contributed by atoms with Crippen LogP contribution in [0.5, 0.6) is 0 Å². The van der Waals surface area contributed by atoms with Gasteiger partial charge in [-0.2, -0.15) is 5.26 Å². The van der Waals surface area contributed by atoms with E-state index in [0.717, 1.165) is 31.2 Å². The maximum absolute atomic E-state index is 9.07. The van der Waals surface area contributed by atoms with Crippen molar-refractivity contribution in [1.82, 2.24) is 0 Å². The van der Waals surface area contributed by atoms with Crippen LogP contribution in [0.2, 0.25) is 0 Å². The summed E-state index contributed by atoms with van der Waals surface area (Å²) >= 11 is 1.50. The molecule has 1 unspecified atom stereocenters. The monoisotopic (exact) mass is 263 g/mol. The fraction of sp³-hybridized carbons (Fsp3) is 0.615. The zero-order valence-electron chi connectivity index (χ0n) is 10.2. The molecule has 18 heavy (non-hydrogen) atoms. The molecule has 3 N–H and O–H groups in total. The van der Waals surface area contributed by atoms with Gasteiger partial charge in [-0.1, -0.05) is 0 Å². The van der Waals surface area contributed by atoms with Crippen LogP contribution >= 0.6 is 11.3 Å². The predicted molar refractivity (Wildman–Crippen MR) is 72.8 cm³/mol. The van der Waals surface area contributed by atoms with Gasteiger partial charge >= 0.3 is 0 Å². The van der Waals surface area contributed by atoms with E-state index in [0.29, 0.717) is 22.4 Å². The molecule has 0 aromatic carbocycles. The number of hydrogen-bond donors (Lipinski definition) is 2. The molecule has 1 saturated carbocycles. The average Bonchev–Trinajstić information content (AvgIpc) is 2.97. The molecule has 1 aromatic heterocycles. The topological polar surface area (TPSA) is 71.1 Å². The highest BCUT2D eigenvalue weighted by Gasteiger charge is 2.31. The number of ether oxygens (including phenoxy) is 1. The van der Waals surface area contributed by atoms with Gasteiger partial charge in [0.1, 0.15) is 10.9 Å². The second kappa shape index (κ2) is 4.79. The van der Waals surface area contributed by atoms with Crippen molar-refractivity contribution in [3.63, 3.8) is 0 Å². The molecule has 1 aromatic rings. The minimum Gasteiger partial charge on any atom is -0.397 e. The first kappa shape index (κ1) is 11.8. The lowest BCUT2D eigenvalue weighted by atomic mass is 10.1. The lowest BCUT2D eigenvalue weighted by Crippen LogP contribution is -2.14. The standard InChI is InChI=1S/C13H17N3OS/c14-5-10-12(15)11(9-1-2-9)13(18-10)16-6-8-3-4-17-7-8/h8-9,16H,1-4,6-7,15H2. The molecule has 1 saturated heterocycles. The third kappa shape index (κ3) is 2.18. The molecule has 1 aliphatic heterocycles. The minimum absolute atomic E-state index is 0.575. The smallest absolute Gasteiger partial charge is 0.130 e. The van der Waals surface area contributed by atoms with Crippen molar-refractivity contribution in [2.75, 3.05) is 30.8 Å². The molecule has 0 amide bonds. The quantitative estimate of drug-likeness (QED) is 0.875. The second-order valence-corrected chi connectivity index (χ2v) is 6.10. The molecular formula is C13H17N3OS. The summed E-state index contributed by atoms with van der Waals surface area (Å²) in [5.74, 6) is 1.16. The normalized spacial score (nSPS) is 22.9. The van der Waals surface area contributed by atoms with Gasteiger partial charge in [-0.3, -0.25) is 0 Å².